The highest BCUT2D eigenvalue weighted by Crippen LogP contribution is 2.13. The Morgan fingerprint density at radius 3 is 2.32 bits per heavy atom. The average molecular weight is 307 g/mol. The molecule has 0 aliphatic heterocycles. The highest BCUT2D eigenvalue weighted by Gasteiger charge is 2.16. The molecule has 1 aromatic carbocycles. The Morgan fingerprint density at radius 2 is 1.77 bits per heavy atom. The number of Topliss-reactive ketones (excluding diaryl/α,β-unsaturated/α-hetero) is 1. The second-order valence-electron chi connectivity index (χ2n) is 5.97. The first-order valence-corrected chi connectivity index (χ1v) is 7.50. The first-order chi connectivity index (χ1) is 10.3. The van der Waals surface area contributed by atoms with E-state index in [-0.39, 0.29) is 12.3 Å². The predicted octanol–water partition coefficient (Wildman–Crippen LogP) is 3.11. The fourth-order valence-corrected chi connectivity index (χ4v) is 1.78. The number of amides is 1. The van der Waals surface area contributed by atoms with Crippen molar-refractivity contribution in [2.75, 3.05) is 13.2 Å². The molecule has 0 aliphatic rings. The minimum atomic E-state index is -0.568. The monoisotopic (exact) mass is 307 g/mol. The summed E-state index contributed by atoms with van der Waals surface area (Å²) in [5.41, 5.74) is 0.504. The third kappa shape index (κ3) is 7.67. The third-order valence-electron chi connectivity index (χ3n) is 2.76. The number of hydrogen-bond acceptors (Lipinski definition) is 4. The highest BCUT2D eigenvalue weighted by atomic mass is 16.6. The zero-order valence-electron chi connectivity index (χ0n) is 13.8. The summed E-state index contributed by atoms with van der Waals surface area (Å²) in [6.07, 6.45) is 0.451. The van der Waals surface area contributed by atoms with Gasteiger partial charge in [0.2, 0.25) is 0 Å². The summed E-state index contributed by atoms with van der Waals surface area (Å²) in [6.45, 7) is 7.89. The van der Waals surface area contributed by atoms with Crippen molar-refractivity contribution >= 4 is 11.9 Å². The first kappa shape index (κ1) is 18.0. The largest absolute Gasteiger partial charge is 0.494 e. The van der Waals surface area contributed by atoms with E-state index in [0.29, 0.717) is 19.4 Å². The standard InChI is InChI=1S/C17H25NO4/c1-5-21-15-10-7-13(8-11-15)6-9-14(19)12-18-16(20)22-17(2,3)4/h7-8,10-11H,5-6,9,12H2,1-4H3,(H,18,20). The number of aryl methyl sites for hydroxylation is 1. The van der Waals surface area contributed by atoms with Crippen molar-refractivity contribution in [2.24, 2.45) is 0 Å². The molecule has 0 heterocycles. The van der Waals surface area contributed by atoms with Crippen molar-refractivity contribution in [3.05, 3.63) is 29.8 Å². The Hall–Kier alpha value is -2.04. The molecule has 1 N–H and O–H groups in total. The van der Waals surface area contributed by atoms with Crippen LogP contribution >= 0.6 is 0 Å². The molecule has 0 fully saturated rings. The van der Waals surface area contributed by atoms with Crippen molar-refractivity contribution in [3.8, 4) is 5.75 Å². The Bertz CT molecular complexity index is 488. The molecular formula is C17H25NO4. The molecule has 0 radical (unpaired) electrons. The van der Waals surface area contributed by atoms with Gasteiger partial charge < -0.3 is 14.8 Å². The van der Waals surface area contributed by atoms with Crippen LogP contribution in [0.2, 0.25) is 0 Å². The minimum Gasteiger partial charge on any atom is -0.494 e. The first-order valence-electron chi connectivity index (χ1n) is 7.50. The van der Waals surface area contributed by atoms with Gasteiger partial charge in [0.25, 0.3) is 0 Å². The fraction of sp³-hybridized carbons (Fsp3) is 0.529. The Balaban J connectivity index is 2.29. The molecule has 0 unspecified atom stereocenters. The summed E-state index contributed by atoms with van der Waals surface area (Å²) in [4.78, 5) is 23.2. The van der Waals surface area contributed by atoms with Gasteiger partial charge in [-0.2, -0.15) is 0 Å². The second-order valence-corrected chi connectivity index (χ2v) is 5.97. The lowest BCUT2D eigenvalue weighted by Crippen LogP contribution is -2.35. The van der Waals surface area contributed by atoms with Crippen LogP contribution in [0.5, 0.6) is 5.75 Å². The van der Waals surface area contributed by atoms with Crippen molar-refractivity contribution in [1.29, 1.82) is 0 Å². The Morgan fingerprint density at radius 1 is 1.14 bits per heavy atom. The highest BCUT2D eigenvalue weighted by molar-refractivity contribution is 5.84. The summed E-state index contributed by atoms with van der Waals surface area (Å²) in [5.74, 6) is 0.795. The van der Waals surface area contributed by atoms with Gasteiger partial charge in [0, 0.05) is 6.42 Å². The van der Waals surface area contributed by atoms with Gasteiger partial charge in [-0.25, -0.2) is 4.79 Å². The van der Waals surface area contributed by atoms with Crippen molar-refractivity contribution < 1.29 is 19.1 Å². The number of ketones is 1. The molecule has 5 nitrogen and oxygen atoms in total. The zero-order chi connectivity index (χ0) is 16.6. The lowest BCUT2D eigenvalue weighted by molar-refractivity contribution is -0.118. The van der Waals surface area contributed by atoms with E-state index < -0.39 is 11.7 Å². The van der Waals surface area contributed by atoms with E-state index in [4.69, 9.17) is 9.47 Å². The van der Waals surface area contributed by atoms with E-state index in [2.05, 4.69) is 5.32 Å². The number of ether oxygens (including phenoxy) is 2. The number of alkyl carbamates (subject to hydrolysis) is 1. The van der Waals surface area contributed by atoms with Crippen LogP contribution in [-0.2, 0) is 16.0 Å². The van der Waals surface area contributed by atoms with Gasteiger partial charge in [-0.15, -0.1) is 0 Å². The maximum Gasteiger partial charge on any atom is 0.408 e. The van der Waals surface area contributed by atoms with Gasteiger partial charge in [0.05, 0.1) is 13.2 Å². The number of hydrogen-bond donors (Lipinski definition) is 1. The van der Waals surface area contributed by atoms with E-state index in [1.165, 1.54) is 0 Å². The van der Waals surface area contributed by atoms with Crippen LogP contribution in [0.3, 0.4) is 0 Å². The lowest BCUT2D eigenvalue weighted by Gasteiger charge is -2.19. The minimum absolute atomic E-state index is 0.00799. The average Bonchev–Trinajstić information content (AvgIpc) is 2.43. The van der Waals surface area contributed by atoms with Gasteiger partial charge in [0.15, 0.2) is 5.78 Å². The summed E-state index contributed by atoms with van der Waals surface area (Å²) >= 11 is 0. The number of rotatable bonds is 7. The molecule has 122 valence electrons. The maximum absolute atomic E-state index is 11.8. The van der Waals surface area contributed by atoms with E-state index in [1.54, 1.807) is 20.8 Å². The predicted molar refractivity (Wildman–Crippen MR) is 85.2 cm³/mol. The molecule has 0 saturated carbocycles. The van der Waals surface area contributed by atoms with Crippen LogP contribution in [0, 0.1) is 0 Å². The van der Waals surface area contributed by atoms with Crippen LogP contribution in [-0.4, -0.2) is 30.6 Å². The number of benzene rings is 1. The van der Waals surface area contributed by atoms with Crippen molar-refractivity contribution in [2.45, 2.75) is 46.1 Å². The molecule has 0 saturated heterocycles. The molecule has 0 aromatic heterocycles. The van der Waals surface area contributed by atoms with Gasteiger partial charge in [0.1, 0.15) is 11.4 Å². The smallest absolute Gasteiger partial charge is 0.408 e. The summed E-state index contributed by atoms with van der Waals surface area (Å²) in [7, 11) is 0. The molecule has 0 aliphatic carbocycles. The number of carbonyl (C=O) groups excluding carboxylic acids is 2. The summed E-state index contributed by atoms with van der Waals surface area (Å²) in [6, 6.07) is 7.67. The van der Waals surface area contributed by atoms with Crippen LogP contribution < -0.4 is 10.1 Å². The van der Waals surface area contributed by atoms with Crippen molar-refractivity contribution in [3.63, 3.8) is 0 Å². The molecule has 1 amide bonds. The molecule has 22 heavy (non-hydrogen) atoms. The third-order valence-corrected chi connectivity index (χ3v) is 2.76. The topological polar surface area (TPSA) is 64.6 Å². The normalized spacial score (nSPS) is 10.9. The van der Waals surface area contributed by atoms with Gasteiger partial charge in [-0.1, -0.05) is 12.1 Å². The van der Waals surface area contributed by atoms with Crippen LogP contribution in [0.4, 0.5) is 4.79 Å². The van der Waals surface area contributed by atoms with Gasteiger partial charge in [-0.3, -0.25) is 4.79 Å². The molecule has 0 bridgehead atoms. The summed E-state index contributed by atoms with van der Waals surface area (Å²) in [5, 5.41) is 2.47. The number of nitrogens with one attached hydrogen (secondary N) is 1. The maximum atomic E-state index is 11.8. The molecule has 0 spiro atoms. The second kappa shape index (κ2) is 8.41. The Kier molecular flexibility index (Phi) is 6.89. The van der Waals surface area contributed by atoms with E-state index in [9.17, 15) is 9.59 Å². The quantitative estimate of drug-likeness (QED) is 0.840. The van der Waals surface area contributed by atoms with Gasteiger partial charge in [-0.05, 0) is 51.8 Å². The molecule has 1 aromatic rings. The SMILES string of the molecule is CCOc1ccc(CCC(=O)CNC(=O)OC(C)(C)C)cc1. The Labute approximate surface area is 132 Å². The zero-order valence-corrected chi connectivity index (χ0v) is 13.8. The fourth-order valence-electron chi connectivity index (χ4n) is 1.78. The van der Waals surface area contributed by atoms with E-state index in [1.807, 2.05) is 31.2 Å². The molecule has 0 atom stereocenters. The number of carbonyl (C=O) groups is 2. The molecule has 5 heteroatoms. The van der Waals surface area contributed by atoms with E-state index in [0.717, 1.165) is 11.3 Å². The van der Waals surface area contributed by atoms with Crippen molar-refractivity contribution in [1.82, 2.24) is 5.32 Å². The van der Waals surface area contributed by atoms with Crippen LogP contribution in [0.15, 0.2) is 24.3 Å². The molecular weight excluding hydrogens is 282 g/mol. The summed E-state index contributed by atoms with van der Waals surface area (Å²) < 4.78 is 10.4. The lowest BCUT2D eigenvalue weighted by atomic mass is 10.1. The molecule has 1 rings (SSSR count). The van der Waals surface area contributed by atoms with Gasteiger partial charge >= 0.3 is 6.09 Å². The van der Waals surface area contributed by atoms with Crippen LogP contribution in [0.25, 0.3) is 0 Å². The van der Waals surface area contributed by atoms with Crippen LogP contribution in [0.1, 0.15) is 39.7 Å². The van der Waals surface area contributed by atoms with E-state index >= 15 is 0 Å².